The third kappa shape index (κ3) is 1.34. The van der Waals surface area contributed by atoms with Crippen molar-refractivity contribution in [3.63, 3.8) is 0 Å². The second-order valence-electron chi connectivity index (χ2n) is 6.28. The number of hydrogen-bond donors (Lipinski definition) is 1. The van der Waals surface area contributed by atoms with E-state index in [1.807, 2.05) is 6.07 Å². The van der Waals surface area contributed by atoms with Crippen LogP contribution in [0.1, 0.15) is 31.4 Å². The van der Waals surface area contributed by atoms with Crippen LogP contribution < -0.4 is 0 Å². The smallest absolute Gasteiger partial charge is 0.213 e. The van der Waals surface area contributed by atoms with Crippen LogP contribution >= 0.6 is 0 Å². The maximum absolute atomic E-state index is 10.2. The molecule has 0 amide bonds. The summed E-state index contributed by atoms with van der Waals surface area (Å²) in [6.07, 6.45) is 4.66. The van der Waals surface area contributed by atoms with E-state index in [9.17, 15) is 5.11 Å². The van der Waals surface area contributed by atoms with Crippen molar-refractivity contribution in [3.8, 4) is 5.75 Å². The lowest BCUT2D eigenvalue weighted by Gasteiger charge is -2.18. The number of phenolic OH excluding ortho intramolecular Hbond substituents is 1. The average Bonchev–Trinajstić information content (AvgIpc) is 2.64. The Morgan fingerprint density at radius 2 is 2.05 bits per heavy atom. The number of fused-ring (bicyclic) bond motifs is 2. The highest BCUT2D eigenvalue weighted by atomic mass is 16.3. The quantitative estimate of drug-likeness (QED) is 0.713. The van der Waals surface area contributed by atoms with Gasteiger partial charge in [-0.15, -0.1) is 0 Å². The summed E-state index contributed by atoms with van der Waals surface area (Å²) < 4.78 is 2.41. The minimum absolute atomic E-state index is 0.0434. The van der Waals surface area contributed by atoms with Gasteiger partial charge in [0.2, 0.25) is 5.69 Å². The topological polar surface area (TPSA) is 23.2 Å². The number of aromatic hydroxyl groups is 1. The van der Waals surface area contributed by atoms with Crippen molar-refractivity contribution in [1.29, 1.82) is 0 Å². The van der Waals surface area contributed by atoms with Crippen LogP contribution in [-0.2, 0) is 11.8 Å². The van der Waals surface area contributed by atoms with Gasteiger partial charge in [0.25, 0.3) is 0 Å². The number of rotatable bonds is 0. The zero-order valence-electron chi connectivity index (χ0n) is 11.4. The fourth-order valence-electron chi connectivity index (χ4n) is 3.76. The Labute approximate surface area is 113 Å². The molecule has 96 valence electrons. The SMILES string of the molecule is CC1(C)C=[N+]2CCCc3cc4c(O)cccc4c1c32. The van der Waals surface area contributed by atoms with Crippen LogP contribution in [0.4, 0.5) is 5.69 Å². The van der Waals surface area contributed by atoms with Gasteiger partial charge in [-0.1, -0.05) is 12.1 Å². The summed E-state index contributed by atoms with van der Waals surface area (Å²) in [5, 5.41) is 12.4. The summed E-state index contributed by atoms with van der Waals surface area (Å²) in [5.41, 5.74) is 4.21. The van der Waals surface area contributed by atoms with Crippen LogP contribution in [0, 0.1) is 0 Å². The van der Waals surface area contributed by atoms with Gasteiger partial charge in [0.05, 0.1) is 5.41 Å². The zero-order valence-corrected chi connectivity index (χ0v) is 11.4. The Morgan fingerprint density at radius 1 is 1.21 bits per heavy atom. The molecule has 4 rings (SSSR count). The Hall–Kier alpha value is -1.83. The first kappa shape index (κ1) is 11.0. The number of phenols is 1. The average molecular weight is 252 g/mol. The molecule has 0 unspecified atom stereocenters. The van der Waals surface area contributed by atoms with Crippen molar-refractivity contribution in [2.45, 2.75) is 32.1 Å². The van der Waals surface area contributed by atoms with Gasteiger partial charge in [-0.3, -0.25) is 0 Å². The Kier molecular flexibility index (Phi) is 1.96. The molecule has 2 aliphatic rings. The monoisotopic (exact) mass is 252 g/mol. The van der Waals surface area contributed by atoms with Gasteiger partial charge in [0.15, 0.2) is 6.21 Å². The van der Waals surface area contributed by atoms with E-state index in [-0.39, 0.29) is 5.41 Å². The van der Waals surface area contributed by atoms with E-state index in [0.29, 0.717) is 5.75 Å². The first-order valence-electron chi connectivity index (χ1n) is 6.99. The molecule has 2 aromatic carbocycles. The molecule has 2 nitrogen and oxygen atoms in total. The molecule has 0 radical (unpaired) electrons. The molecule has 2 heteroatoms. The third-order valence-electron chi connectivity index (χ3n) is 4.47. The van der Waals surface area contributed by atoms with Crippen molar-refractivity contribution in [2.24, 2.45) is 0 Å². The molecule has 1 N–H and O–H groups in total. The summed E-state index contributed by atoms with van der Waals surface area (Å²) in [6.45, 7) is 5.66. The number of nitrogens with zero attached hydrogens (tertiary/aromatic N) is 1. The zero-order chi connectivity index (χ0) is 13.2. The van der Waals surface area contributed by atoms with Crippen molar-refractivity contribution < 1.29 is 9.68 Å². The molecule has 0 spiro atoms. The normalized spacial score (nSPS) is 19.4. The van der Waals surface area contributed by atoms with Crippen LogP contribution in [-0.4, -0.2) is 22.4 Å². The fraction of sp³-hybridized carbons (Fsp3) is 0.353. The lowest BCUT2D eigenvalue weighted by molar-refractivity contribution is -0.438. The Bertz CT molecular complexity index is 741. The second-order valence-corrected chi connectivity index (χ2v) is 6.28. The van der Waals surface area contributed by atoms with Crippen LogP contribution in [0.15, 0.2) is 24.3 Å². The summed E-state index contributed by atoms with van der Waals surface area (Å²) >= 11 is 0. The first-order chi connectivity index (χ1) is 9.08. The van der Waals surface area contributed by atoms with Gasteiger partial charge in [0, 0.05) is 22.9 Å². The number of hydrogen-bond acceptors (Lipinski definition) is 1. The molecule has 2 heterocycles. The van der Waals surface area contributed by atoms with Gasteiger partial charge in [-0.25, -0.2) is 4.58 Å². The molecule has 0 atom stereocenters. The van der Waals surface area contributed by atoms with Gasteiger partial charge in [-0.2, -0.15) is 0 Å². The van der Waals surface area contributed by atoms with E-state index in [4.69, 9.17) is 0 Å². The molecule has 0 aromatic heterocycles. The molecule has 0 fully saturated rings. The van der Waals surface area contributed by atoms with Crippen LogP contribution in [0.25, 0.3) is 10.8 Å². The number of benzene rings is 2. The third-order valence-corrected chi connectivity index (χ3v) is 4.47. The molecular formula is C17H18NO+. The highest BCUT2D eigenvalue weighted by Crippen LogP contribution is 2.46. The summed E-state index contributed by atoms with van der Waals surface area (Å²) in [5.74, 6) is 0.399. The molecular weight excluding hydrogens is 234 g/mol. The Morgan fingerprint density at radius 3 is 2.89 bits per heavy atom. The number of aryl methyl sites for hydroxylation is 1. The first-order valence-corrected chi connectivity index (χ1v) is 6.99. The molecule has 19 heavy (non-hydrogen) atoms. The standard InChI is InChI=1S/C17H17NO/c1-17(2)10-18-8-4-5-11-9-13-12(15(17)16(11)18)6-3-7-14(13)19/h3,6-7,9-10H,4-5,8H2,1-2H3/p+1. The van der Waals surface area contributed by atoms with Crippen molar-refractivity contribution in [2.75, 3.05) is 6.54 Å². The van der Waals surface area contributed by atoms with Crippen molar-refractivity contribution in [1.82, 2.24) is 0 Å². The van der Waals surface area contributed by atoms with Crippen LogP contribution in [0.5, 0.6) is 5.75 Å². The van der Waals surface area contributed by atoms with Gasteiger partial charge in [0.1, 0.15) is 12.3 Å². The van der Waals surface area contributed by atoms with Gasteiger partial charge < -0.3 is 5.11 Å². The molecule has 0 aliphatic carbocycles. The van der Waals surface area contributed by atoms with Crippen molar-refractivity contribution in [3.05, 3.63) is 35.4 Å². The lowest BCUT2D eigenvalue weighted by Crippen LogP contribution is -2.17. The highest BCUT2D eigenvalue weighted by Gasteiger charge is 2.42. The maximum atomic E-state index is 10.2. The largest absolute Gasteiger partial charge is 0.507 e. The highest BCUT2D eigenvalue weighted by molar-refractivity contribution is 5.99. The summed E-state index contributed by atoms with van der Waals surface area (Å²) in [6, 6.07) is 8.05. The van der Waals surface area contributed by atoms with Crippen molar-refractivity contribution >= 4 is 22.7 Å². The summed E-state index contributed by atoms with van der Waals surface area (Å²) in [4.78, 5) is 0. The van der Waals surface area contributed by atoms with E-state index < -0.39 is 0 Å². The van der Waals surface area contributed by atoms with E-state index in [2.05, 4.69) is 36.8 Å². The minimum Gasteiger partial charge on any atom is -0.507 e. The van der Waals surface area contributed by atoms with Crippen LogP contribution in [0.2, 0.25) is 0 Å². The van der Waals surface area contributed by atoms with E-state index in [1.54, 1.807) is 6.07 Å². The molecule has 0 saturated carbocycles. The van der Waals surface area contributed by atoms with E-state index in [0.717, 1.165) is 18.4 Å². The maximum Gasteiger partial charge on any atom is 0.213 e. The van der Waals surface area contributed by atoms with E-state index in [1.165, 1.54) is 28.6 Å². The fourth-order valence-corrected chi connectivity index (χ4v) is 3.76. The predicted molar refractivity (Wildman–Crippen MR) is 77.8 cm³/mol. The van der Waals surface area contributed by atoms with E-state index >= 15 is 0 Å². The minimum atomic E-state index is 0.0434. The molecule has 0 bridgehead atoms. The second kappa shape index (κ2) is 3.38. The summed E-state index contributed by atoms with van der Waals surface area (Å²) in [7, 11) is 0. The molecule has 0 saturated heterocycles. The molecule has 2 aliphatic heterocycles. The van der Waals surface area contributed by atoms with Gasteiger partial charge >= 0.3 is 0 Å². The lowest BCUT2D eigenvalue weighted by atomic mass is 9.81. The van der Waals surface area contributed by atoms with Gasteiger partial charge in [-0.05, 0) is 37.8 Å². The Balaban J connectivity index is 2.21. The predicted octanol–water partition coefficient (Wildman–Crippen LogP) is 3.50. The molecule has 2 aromatic rings. The van der Waals surface area contributed by atoms with Crippen LogP contribution in [0.3, 0.4) is 0 Å².